The highest BCUT2D eigenvalue weighted by Crippen LogP contribution is 2.03. The molecule has 0 saturated heterocycles. The first-order valence-corrected chi connectivity index (χ1v) is 6.10. The van der Waals surface area contributed by atoms with Crippen LogP contribution in [0.2, 0.25) is 0 Å². The molecule has 1 rings (SSSR count). The van der Waals surface area contributed by atoms with E-state index in [4.69, 9.17) is 9.63 Å². The molecule has 18 heavy (non-hydrogen) atoms. The third kappa shape index (κ3) is 4.85. The van der Waals surface area contributed by atoms with Crippen LogP contribution >= 0.6 is 0 Å². The van der Waals surface area contributed by atoms with Crippen molar-refractivity contribution in [3.63, 3.8) is 0 Å². The fraction of sp³-hybridized carbons (Fsp3) is 0.667. The molecule has 0 saturated carbocycles. The fourth-order valence-corrected chi connectivity index (χ4v) is 1.42. The maximum atomic E-state index is 10.6. The van der Waals surface area contributed by atoms with Crippen molar-refractivity contribution in [2.75, 3.05) is 20.1 Å². The van der Waals surface area contributed by atoms with Crippen LogP contribution in [0.1, 0.15) is 36.5 Å². The largest absolute Gasteiger partial charge is 0.476 e. The Kier molecular flexibility index (Phi) is 5.80. The quantitative estimate of drug-likeness (QED) is 0.679. The van der Waals surface area contributed by atoms with Crippen LogP contribution in [0.15, 0.2) is 10.6 Å². The minimum absolute atomic E-state index is 0.0497. The summed E-state index contributed by atoms with van der Waals surface area (Å²) in [5.74, 6) is -0.520. The standard InChI is InChI=1S/C12H21N3O3/c1-9(2)15(3)6-4-5-13-8-10-7-11(12(16)17)14-18-10/h7,9,13H,4-6,8H2,1-3H3,(H,16,17). The number of nitrogens with zero attached hydrogens (tertiary/aromatic N) is 2. The zero-order chi connectivity index (χ0) is 13.5. The Morgan fingerprint density at radius 2 is 2.33 bits per heavy atom. The molecule has 0 aliphatic heterocycles. The van der Waals surface area contributed by atoms with Gasteiger partial charge < -0.3 is 19.8 Å². The van der Waals surface area contributed by atoms with E-state index in [1.54, 1.807) is 0 Å². The van der Waals surface area contributed by atoms with Crippen molar-refractivity contribution >= 4 is 5.97 Å². The van der Waals surface area contributed by atoms with E-state index in [2.05, 4.69) is 36.3 Å². The first-order valence-electron chi connectivity index (χ1n) is 6.10. The van der Waals surface area contributed by atoms with Crippen LogP contribution in [-0.2, 0) is 6.54 Å². The van der Waals surface area contributed by atoms with Crippen molar-refractivity contribution < 1.29 is 14.4 Å². The Morgan fingerprint density at radius 3 is 2.89 bits per heavy atom. The molecule has 1 heterocycles. The average Bonchev–Trinajstić information content (AvgIpc) is 2.77. The molecule has 0 spiro atoms. The molecular formula is C12H21N3O3. The average molecular weight is 255 g/mol. The second-order valence-electron chi connectivity index (χ2n) is 4.59. The smallest absolute Gasteiger partial charge is 0.358 e. The van der Waals surface area contributed by atoms with Crippen LogP contribution < -0.4 is 5.32 Å². The molecule has 102 valence electrons. The van der Waals surface area contributed by atoms with E-state index in [0.29, 0.717) is 18.3 Å². The van der Waals surface area contributed by atoms with Gasteiger partial charge in [-0.1, -0.05) is 5.16 Å². The molecule has 0 aromatic carbocycles. The highest BCUT2D eigenvalue weighted by atomic mass is 16.5. The molecule has 0 unspecified atom stereocenters. The van der Waals surface area contributed by atoms with Crippen LogP contribution in [0, 0.1) is 0 Å². The topological polar surface area (TPSA) is 78.6 Å². The third-order valence-corrected chi connectivity index (χ3v) is 2.82. The summed E-state index contributed by atoms with van der Waals surface area (Å²) in [7, 11) is 2.10. The second-order valence-corrected chi connectivity index (χ2v) is 4.59. The number of hydrogen-bond donors (Lipinski definition) is 2. The Morgan fingerprint density at radius 1 is 1.61 bits per heavy atom. The summed E-state index contributed by atoms with van der Waals surface area (Å²) in [5, 5.41) is 15.3. The van der Waals surface area contributed by atoms with Gasteiger partial charge >= 0.3 is 5.97 Å². The predicted molar refractivity (Wildman–Crippen MR) is 67.6 cm³/mol. The van der Waals surface area contributed by atoms with Crippen LogP contribution in [-0.4, -0.2) is 47.3 Å². The number of carboxylic acids is 1. The van der Waals surface area contributed by atoms with Crippen LogP contribution in [0.25, 0.3) is 0 Å². The van der Waals surface area contributed by atoms with E-state index >= 15 is 0 Å². The molecule has 6 heteroatoms. The van der Waals surface area contributed by atoms with Gasteiger partial charge in [-0.25, -0.2) is 4.79 Å². The van der Waals surface area contributed by atoms with Gasteiger partial charge in [0.2, 0.25) is 0 Å². The maximum absolute atomic E-state index is 10.6. The number of carboxylic acid groups (broad SMARTS) is 1. The zero-order valence-electron chi connectivity index (χ0n) is 11.1. The Bertz CT molecular complexity index is 376. The van der Waals surface area contributed by atoms with Crippen LogP contribution in [0.3, 0.4) is 0 Å². The molecule has 6 nitrogen and oxygen atoms in total. The van der Waals surface area contributed by atoms with Crippen molar-refractivity contribution in [3.8, 4) is 0 Å². The summed E-state index contributed by atoms with van der Waals surface area (Å²) in [6.07, 6.45) is 1.04. The molecule has 0 radical (unpaired) electrons. The molecule has 0 fully saturated rings. The SMILES string of the molecule is CC(C)N(C)CCCNCc1cc(C(=O)O)no1. The number of aromatic carboxylic acids is 1. The molecule has 1 aromatic rings. The lowest BCUT2D eigenvalue weighted by Gasteiger charge is -2.20. The lowest BCUT2D eigenvalue weighted by atomic mass is 10.3. The zero-order valence-corrected chi connectivity index (χ0v) is 11.1. The lowest BCUT2D eigenvalue weighted by molar-refractivity contribution is 0.0685. The lowest BCUT2D eigenvalue weighted by Crippen LogP contribution is -2.29. The van der Waals surface area contributed by atoms with E-state index in [9.17, 15) is 4.79 Å². The molecule has 0 bridgehead atoms. The molecule has 0 amide bonds. The van der Waals surface area contributed by atoms with Gasteiger partial charge in [0.15, 0.2) is 11.5 Å². The Labute approximate surface area is 107 Å². The third-order valence-electron chi connectivity index (χ3n) is 2.82. The maximum Gasteiger partial charge on any atom is 0.358 e. The molecule has 0 aliphatic rings. The van der Waals surface area contributed by atoms with E-state index < -0.39 is 5.97 Å². The van der Waals surface area contributed by atoms with Gasteiger partial charge in [0.05, 0.1) is 6.54 Å². The molecule has 0 aliphatic carbocycles. The summed E-state index contributed by atoms with van der Waals surface area (Å²) >= 11 is 0. The van der Waals surface area contributed by atoms with Crippen LogP contribution in [0.4, 0.5) is 0 Å². The number of carbonyl (C=O) groups is 1. The van der Waals surface area contributed by atoms with Gasteiger partial charge in [0.25, 0.3) is 0 Å². The highest BCUT2D eigenvalue weighted by Gasteiger charge is 2.09. The summed E-state index contributed by atoms with van der Waals surface area (Å²) < 4.78 is 4.89. The summed E-state index contributed by atoms with van der Waals surface area (Å²) in [5.41, 5.74) is -0.0497. The number of aromatic nitrogens is 1. The molecule has 0 atom stereocenters. The van der Waals surface area contributed by atoms with E-state index in [1.165, 1.54) is 6.07 Å². The van der Waals surface area contributed by atoms with E-state index in [1.807, 2.05) is 0 Å². The molecule has 2 N–H and O–H groups in total. The summed E-state index contributed by atoms with van der Waals surface area (Å²) in [6.45, 7) is 6.72. The van der Waals surface area contributed by atoms with Crippen LogP contribution in [0.5, 0.6) is 0 Å². The van der Waals surface area contributed by atoms with E-state index in [-0.39, 0.29) is 5.69 Å². The minimum atomic E-state index is -1.07. The monoisotopic (exact) mass is 255 g/mol. The van der Waals surface area contributed by atoms with Gasteiger partial charge in [-0.15, -0.1) is 0 Å². The first kappa shape index (κ1) is 14.7. The Balaban J connectivity index is 2.16. The molecule has 1 aromatic heterocycles. The van der Waals surface area contributed by atoms with Gasteiger partial charge in [-0.2, -0.15) is 0 Å². The van der Waals surface area contributed by atoms with Crippen molar-refractivity contribution in [3.05, 3.63) is 17.5 Å². The van der Waals surface area contributed by atoms with Gasteiger partial charge in [-0.05, 0) is 40.4 Å². The summed E-state index contributed by atoms with van der Waals surface area (Å²) in [6, 6.07) is 1.99. The van der Waals surface area contributed by atoms with Crippen molar-refractivity contribution in [2.45, 2.75) is 32.9 Å². The number of nitrogens with one attached hydrogen (secondary N) is 1. The second kappa shape index (κ2) is 7.13. The first-order chi connectivity index (χ1) is 8.50. The van der Waals surface area contributed by atoms with Gasteiger partial charge in [0.1, 0.15) is 0 Å². The highest BCUT2D eigenvalue weighted by molar-refractivity contribution is 5.85. The minimum Gasteiger partial charge on any atom is -0.476 e. The van der Waals surface area contributed by atoms with Crippen molar-refractivity contribution in [1.82, 2.24) is 15.4 Å². The van der Waals surface area contributed by atoms with Crippen molar-refractivity contribution in [1.29, 1.82) is 0 Å². The predicted octanol–water partition coefficient (Wildman–Crippen LogP) is 1.19. The van der Waals surface area contributed by atoms with Gasteiger partial charge in [0, 0.05) is 12.1 Å². The fourth-order valence-electron chi connectivity index (χ4n) is 1.42. The van der Waals surface area contributed by atoms with Gasteiger partial charge in [-0.3, -0.25) is 0 Å². The number of hydrogen-bond acceptors (Lipinski definition) is 5. The van der Waals surface area contributed by atoms with Crippen molar-refractivity contribution in [2.24, 2.45) is 0 Å². The number of rotatable bonds is 8. The Hall–Kier alpha value is -1.40. The summed E-state index contributed by atoms with van der Waals surface area (Å²) in [4.78, 5) is 12.9. The normalized spacial score (nSPS) is 11.4. The molecular weight excluding hydrogens is 234 g/mol. The van der Waals surface area contributed by atoms with E-state index in [0.717, 1.165) is 19.5 Å².